The minimum atomic E-state index is -0.774. The molecule has 2 heterocycles. The summed E-state index contributed by atoms with van der Waals surface area (Å²) in [5.41, 5.74) is 6.31. The Morgan fingerprint density at radius 3 is 2.42 bits per heavy atom. The second kappa shape index (κ2) is 8.49. The van der Waals surface area contributed by atoms with Crippen LogP contribution in [0.2, 0.25) is 0 Å². The minimum absolute atomic E-state index is 0.0974. The molecule has 186 valence electrons. The van der Waals surface area contributed by atoms with Crippen molar-refractivity contribution in [1.82, 2.24) is 0 Å². The Hall–Kier alpha value is -3.64. The van der Waals surface area contributed by atoms with Gasteiger partial charge < -0.3 is 19.9 Å². The number of fused-ring (bicyclic) bond motifs is 3. The van der Waals surface area contributed by atoms with Crippen LogP contribution < -0.4 is 14.8 Å². The standard InChI is InChI=1S/C30H32N2O4/c1-17(33)31-21-12-10-18(11-13-21)19-8-7-9-20(14-19)26-25-22(28(34)30(4,5)32-26)15-24(35-6)27-23(25)16-29(2,3)36-27/h7-15,28,34H,16H2,1-6H3,(H,31,33). The van der Waals surface area contributed by atoms with Crippen molar-refractivity contribution in [1.29, 1.82) is 0 Å². The molecule has 1 unspecified atom stereocenters. The van der Waals surface area contributed by atoms with Crippen LogP contribution in [-0.2, 0) is 11.2 Å². The highest BCUT2D eigenvalue weighted by atomic mass is 16.5. The van der Waals surface area contributed by atoms with E-state index in [-0.39, 0.29) is 11.5 Å². The fourth-order valence-electron chi connectivity index (χ4n) is 5.17. The molecule has 2 N–H and O–H groups in total. The SMILES string of the molecule is COc1cc2c(c3c1OC(C)(C)C3)C(c1cccc(-c3ccc(NC(C)=O)cc3)c1)=NC(C)(C)C2O. The lowest BCUT2D eigenvalue weighted by molar-refractivity contribution is -0.114. The molecule has 2 aliphatic rings. The summed E-state index contributed by atoms with van der Waals surface area (Å²) in [6, 6.07) is 18.0. The number of carbonyl (C=O) groups excluding carboxylic acids is 1. The zero-order chi connectivity index (χ0) is 25.8. The van der Waals surface area contributed by atoms with Gasteiger partial charge in [0.05, 0.1) is 18.4 Å². The number of nitrogens with zero attached hydrogens (tertiary/aromatic N) is 1. The third kappa shape index (κ3) is 4.16. The van der Waals surface area contributed by atoms with E-state index < -0.39 is 11.6 Å². The van der Waals surface area contributed by atoms with Gasteiger partial charge in [-0.1, -0.05) is 30.3 Å². The summed E-state index contributed by atoms with van der Waals surface area (Å²) in [5.74, 6) is 1.27. The summed E-state index contributed by atoms with van der Waals surface area (Å²) in [6.45, 7) is 9.52. The highest BCUT2D eigenvalue weighted by Gasteiger charge is 2.43. The zero-order valence-corrected chi connectivity index (χ0v) is 21.6. The first-order chi connectivity index (χ1) is 17.0. The number of aliphatic hydroxyl groups excluding tert-OH is 1. The number of ether oxygens (including phenoxy) is 2. The van der Waals surface area contributed by atoms with Crippen LogP contribution in [0.15, 0.2) is 59.6 Å². The monoisotopic (exact) mass is 484 g/mol. The predicted molar refractivity (Wildman–Crippen MR) is 142 cm³/mol. The quantitative estimate of drug-likeness (QED) is 0.498. The van der Waals surface area contributed by atoms with E-state index in [0.29, 0.717) is 12.2 Å². The van der Waals surface area contributed by atoms with E-state index in [1.807, 2.05) is 50.2 Å². The van der Waals surface area contributed by atoms with Crippen LogP contribution in [0.5, 0.6) is 11.5 Å². The Balaban J connectivity index is 1.65. The van der Waals surface area contributed by atoms with Crippen LogP contribution in [0.25, 0.3) is 11.1 Å². The fourth-order valence-corrected chi connectivity index (χ4v) is 5.17. The number of aliphatic hydroxyl groups is 1. The van der Waals surface area contributed by atoms with Gasteiger partial charge in [0.2, 0.25) is 5.91 Å². The summed E-state index contributed by atoms with van der Waals surface area (Å²) < 4.78 is 12.0. The molecular weight excluding hydrogens is 452 g/mol. The van der Waals surface area contributed by atoms with Gasteiger partial charge >= 0.3 is 0 Å². The van der Waals surface area contributed by atoms with Gasteiger partial charge in [0.15, 0.2) is 11.5 Å². The largest absolute Gasteiger partial charge is 0.493 e. The molecule has 0 spiro atoms. The van der Waals surface area contributed by atoms with Gasteiger partial charge in [0.25, 0.3) is 0 Å². The van der Waals surface area contributed by atoms with Crippen molar-refractivity contribution in [2.75, 3.05) is 12.4 Å². The maximum absolute atomic E-state index is 11.4. The van der Waals surface area contributed by atoms with E-state index >= 15 is 0 Å². The highest BCUT2D eigenvalue weighted by molar-refractivity contribution is 6.16. The maximum atomic E-state index is 11.4. The lowest BCUT2D eigenvalue weighted by atomic mass is 9.79. The second-order valence-corrected chi connectivity index (χ2v) is 10.7. The van der Waals surface area contributed by atoms with Gasteiger partial charge in [0.1, 0.15) is 11.7 Å². The molecule has 0 aromatic heterocycles. The molecule has 0 saturated carbocycles. The van der Waals surface area contributed by atoms with Gasteiger partial charge in [-0.25, -0.2) is 0 Å². The van der Waals surface area contributed by atoms with Crippen molar-refractivity contribution in [3.05, 3.63) is 76.9 Å². The van der Waals surface area contributed by atoms with E-state index in [1.165, 1.54) is 6.92 Å². The molecule has 3 aromatic carbocycles. The molecule has 6 nitrogen and oxygen atoms in total. The van der Waals surface area contributed by atoms with E-state index in [0.717, 1.165) is 50.5 Å². The molecule has 0 saturated heterocycles. The Morgan fingerprint density at radius 1 is 1.06 bits per heavy atom. The first-order valence-electron chi connectivity index (χ1n) is 12.2. The van der Waals surface area contributed by atoms with Crippen LogP contribution in [0.4, 0.5) is 5.69 Å². The van der Waals surface area contributed by atoms with E-state index in [9.17, 15) is 9.90 Å². The molecule has 0 bridgehead atoms. The third-order valence-corrected chi connectivity index (χ3v) is 6.85. The molecule has 6 heteroatoms. The van der Waals surface area contributed by atoms with Crippen molar-refractivity contribution in [3.8, 4) is 22.6 Å². The number of amides is 1. The number of anilines is 1. The second-order valence-electron chi connectivity index (χ2n) is 10.7. The lowest BCUT2D eigenvalue weighted by Crippen LogP contribution is -2.35. The molecule has 3 aromatic rings. The summed E-state index contributed by atoms with van der Waals surface area (Å²) in [4.78, 5) is 16.5. The third-order valence-electron chi connectivity index (χ3n) is 6.85. The number of hydrogen-bond acceptors (Lipinski definition) is 5. The molecule has 5 rings (SSSR count). The van der Waals surface area contributed by atoms with Crippen molar-refractivity contribution < 1.29 is 19.4 Å². The van der Waals surface area contributed by atoms with E-state index in [4.69, 9.17) is 14.5 Å². The van der Waals surface area contributed by atoms with Gasteiger partial charge in [-0.3, -0.25) is 9.79 Å². The molecular formula is C30H32N2O4. The van der Waals surface area contributed by atoms with Gasteiger partial charge in [-0.05, 0) is 68.7 Å². The van der Waals surface area contributed by atoms with Crippen LogP contribution in [0.1, 0.15) is 63.0 Å². The van der Waals surface area contributed by atoms with E-state index in [2.05, 4.69) is 37.4 Å². The summed E-state index contributed by atoms with van der Waals surface area (Å²) in [6.07, 6.45) is -0.0816. The topological polar surface area (TPSA) is 80.2 Å². The number of aliphatic imine (C=N–C) groups is 1. The molecule has 2 aliphatic heterocycles. The normalized spacial score (nSPS) is 19.0. The van der Waals surface area contributed by atoms with Crippen LogP contribution in [0.3, 0.4) is 0 Å². The molecule has 0 radical (unpaired) electrons. The Bertz CT molecular complexity index is 1390. The van der Waals surface area contributed by atoms with Crippen LogP contribution in [-0.4, -0.2) is 35.0 Å². The molecule has 0 aliphatic carbocycles. The van der Waals surface area contributed by atoms with Gasteiger partial charge in [-0.2, -0.15) is 0 Å². The van der Waals surface area contributed by atoms with Crippen molar-refractivity contribution >= 4 is 17.3 Å². The minimum Gasteiger partial charge on any atom is -0.493 e. The van der Waals surface area contributed by atoms with Gasteiger partial charge in [0, 0.05) is 35.7 Å². The Kier molecular flexibility index (Phi) is 5.67. The first kappa shape index (κ1) is 24.1. The average molecular weight is 485 g/mol. The number of nitrogens with one attached hydrogen (secondary N) is 1. The summed E-state index contributed by atoms with van der Waals surface area (Å²) in [5, 5.41) is 14.1. The zero-order valence-electron chi connectivity index (χ0n) is 21.6. The number of methoxy groups -OCH3 is 1. The number of carbonyl (C=O) groups is 1. The van der Waals surface area contributed by atoms with Crippen LogP contribution >= 0.6 is 0 Å². The smallest absolute Gasteiger partial charge is 0.221 e. The molecule has 1 amide bonds. The Labute approximate surface area is 212 Å². The molecule has 0 fully saturated rings. The number of hydrogen-bond donors (Lipinski definition) is 2. The van der Waals surface area contributed by atoms with Crippen LogP contribution in [0, 0.1) is 0 Å². The van der Waals surface area contributed by atoms with Gasteiger partial charge in [-0.15, -0.1) is 0 Å². The summed E-state index contributed by atoms with van der Waals surface area (Å²) in [7, 11) is 1.63. The molecule has 36 heavy (non-hydrogen) atoms. The Morgan fingerprint density at radius 2 is 1.75 bits per heavy atom. The predicted octanol–water partition coefficient (Wildman–Crippen LogP) is 5.70. The van der Waals surface area contributed by atoms with Crippen molar-refractivity contribution in [2.45, 2.75) is 58.3 Å². The molecule has 1 atom stereocenters. The number of rotatable bonds is 4. The van der Waals surface area contributed by atoms with E-state index in [1.54, 1.807) is 7.11 Å². The fraction of sp³-hybridized carbons (Fsp3) is 0.333. The summed E-state index contributed by atoms with van der Waals surface area (Å²) >= 11 is 0. The maximum Gasteiger partial charge on any atom is 0.221 e. The highest BCUT2D eigenvalue weighted by Crippen LogP contribution is 2.50. The average Bonchev–Trinajstić information content (AvgIpc) is 3.15. The van der Waals surface area contributed by atoms with Crippen molar-refractivity contribution in [2.24, 2.45) is 4.99 Å². The first-order valence-corrected chi connectivity index (χ1v) is 12.2. The lowest BCUT2D eigenvalue weighted by Gasteiger charge is -2.35. The number of benzene rings is 3. The van der Waals surface area contributed by atoms with Crippen molar-refractivity contribution in [3.63, 3.8) is 0 Å².